The van der Waals surface area contributed by atoms with E-state index in [1.807, 2.05) is 0 Å². The van der Waals surface area contributed by atoms with E-state index >= 15 is 0 Å². The summed E-state index contributed by atoms with van der Waals surface area (Å²) in [5, 5.41) is 0.230. The Morgan fingerprint density at radius 2 is 1.65 bits per heavy atom. The molecule has 1 fully saturated rings. The summed E-state index contributed by atoms with van der Waals surface area (Å²) in [6.45, 7) is 2.90. The molecule has 1 aliphatic heterocycles. The van der Waals surface area contributed by atoms with Crippen LogP contribution in [0.25, 0.3) is 0 Å². The van der Waals surface area contributed by atoms with Gasteiger partial charge in [0.2, 0.25) is 0 Å². The maximum Gasteiger partial charge on any atom is 0.256 e. The van der Waals surface area contributed by atoms with Crippen molar-refractivity contribution in [3.05, 3.63) is 64.2 Å². The van der Waals surface area contributed by atoms with E-state index in [4.69, 9.17) is 11.6 Å². The van der Waals surface area contributed by atoms with E-state index < -0.39 is 17.5 Å². The van der Waals surface area contributed by atoms with Crippen LogP contribution in [0.2, 0.25) is 5.02 Å². The SMILES string of the molecule is CC(=O)c1ccc(N2CCN(C(=O)c3ccc(Cl)cc3F)CC2)c(F)c1. The minimum Gasteiger partial charge on any atom is -0.366 e. The highest BCUT2D eigenvalue weighted by Gasteiger charge is 2.25. The van der Waals surface area contributed by atoms with Crippen molar-refractivity contribution >= 4 is 29.0 Å². The zero-order chi connectivity index (χ0) is 18.8. The van der Waals surface area contributed by atoms with Crippen molar-refractivity contribution in [3.8, 4) is 0 Å². The molecule has 1 saturated heterocycles. The molecular weight excluding hydrogens is 362 g/mol. The van der Waals surface area contributed by atoms with Gasteiger partial charge < -0.3 is 9.80 Å². The number of hydrogen-bond acceptors (Lipinski definition) is 3. The summed E-state index contributed by atoms with van der Waals surface area (Å²) in [6, 6.07) is 8.33. The Hall–Kier alpha value is -2.47. The van der Waals surface area contributed by atoms with Crippen LogP contribution in [-0.4, -0.2) is 42.8 Å². The van der Waals surface area contributed by atoms with E-state index in [9.17, 15) is 18.4 Å². The standard InChI is InChI=1S/C19H17ClF2N2O2/c1-12(25)13-2-5-18(17(22)10-13)23-6-8-24(9-7-23)19(26)15-4-3-14(20)11-16(15)21/h2-5,10-11H,6-9H2,1H3. The largest absolute Gasteiger partial charge is 0.366 e. The summed E-state index contributed by atoms with van der Waals surface area (Å²) < 4.78 is 28.2. The van der Waals surface area contributed by atoms with Gasteiger partial charge in [0.1, 0.15) is 11.6 Å². The number of carbonyl (C=O) groups is 2. The predicted octanol–water partition coefficient (Wildman–Crippen LogP) is 3.78. The zero-order valence-corrected chi connectivity index (χ0v) is 14.9. The lowest BCUT2D eigenvalue weighted by Crippen LogP contribution is -2.49. The molecule has 136 valence electrons. The van der Waals surface area contributed by atoms with Gasteiger partial charge in [-0.2, -0.15) is 0 Å². The molecule has 2 aromatic carbocycles. The van der Waals surface area contributed by atoms with Crippen LogP contribution in [0.15, 0.2) is 36.4 Å². The number of carbonyl (C=O) groups excluding carboxylic acids is 2. The van der Waals surface area contributed by atoms with Crippen LogP contribution in [0, 0.1) is 11.6 Å². The lowest BCUT2D eigenvalue weighted by Gasteiger charge is -2.36. The van der Waals surface area contributed by atoms with Crippen LogP contribution in [0.1, 0.15) is 27.6 Å². The molecule has 0 aromatic heterocycles. The molecule has 1 aliphatic rings. The number of anilines is 1. The van der Waals surface area contributed by atoms with E-state index in [0.717, 1.165) is 6.07 Å². The Morgan fingerprint density at radius 1 is 0.962 bits per heavy atom. The fraction of sp³-hybridized carbons (Fsp3) is 0.263. The monoisotopic (exact) mass is 378 g/mol. The van der Waals surface area contributed by atoms with Gasteiger partial charge in [-0.05, 0) is 43.3 Å². The first-order valence-corrected chi connectivity index (χ1v) is 8.54. The Balaban J connectivity index is 1.69. The molecular formula is C19H17ClF2N2O2. The van der Waals surface area contributed by atoms with Crippen molar-refractivity contribution in [2.45, 2.75) is 6.92 Å². The van der Waals surface area contributed by atoms with E-state index in [2.05, 4.69) is 0 Å². The van der Waals surface area contributed by atoms with Crippen LogP contribution in [0.3, 0.4) is 0 Å². The normalized spacial score (nSPS) is 14.5. The van der Waals surface area contributed by atoms with Gasteiger partial charge in [0.15, 0.2) is 5.78 Å². The Kier molecular flexibility index (Phi) is 5.23. The van der Waals surface area contributed by atoms with Crippen molar-refractivity contribution in [1.29, 1.82) is 0 Å². The molecule has 0 atom stereocenters. The minimum atomic E-state index is -0.657. The fourth-order valence-electron chi connectivity index (χ4n) is 2.97. The summed E-state index contributed by atoms with van der Waals surface area (Å²) in [7, 11) is 0. The molecule has 0 aliphatic carbocycles. The van der Waals surface area contributed by atoms with Crippen LogP contribution in [0.4, 0.5) is 14.5 Å². The molecule has 26 heavy (non-hydrogen) atoms. The van der Waals surface area contributed by atoms with E-state index in [-0.39, 0.29) is 16.4 Å². The van der Waals surface area contributed by atoms with Crippen molar-refractivity contribution in [2.75, 3.05) is 31.1 Å². The average Bonchev–Trinajstić information content (AvgIpc) is 2.61. The molecule has 0 unspecified atom stereocenters. The molecule has 0 spiro atoms. The third kappa shape index (κ3) is 3.70. The molecule has 4 nitrogen and oxygen atoms in total. The fourth-order valence-corrected chi connectivity index (χ4v) is 3.12. The van der Waals surface area contributed by atoms with Crippen molar-refractivity contribution < 1.29 is 18.4 Å². The number of ketones is 1. The van der Waals surface area contributed by atoms with Crippen LogP contribution in [-0.2, 0) is 0 Å². The molecule has 2 aromatic rings. The number of benzene rings is 2. The number of halogens is 3. The lowest BCUT2D eigenvalue weighted by atomic mass is 10.1. The van der Waals surface area contributed by atoms with Crippen LogP contribution in [0.5, 0.6) is 0 Å². The van der Waals surface area contributed by atoms with Crippen molar-refractivity contribution in [3.63, 3.8) is 0 Å². The number of Topliss-reactive ketones (excluding diaryl/α,β-unsaturated/α-hetero) is 1. The molecule has 3 rings (SSSR count). The van der Waals surface area contributed by atoms with Crippen LogP contribution >= 0.6 is 11.6 Å². The molecule has 0 N–H and O–H groups in total. The number of piperazine rings is 1. The Morgan fingerprint density at radius 3 is 2.23 bits per heavy atom. The van der Waals surface area contributed by atoms with Gasteiger partial charge in [0.05, 0.1) is 11.3 Å². The third-order valence-electron chi connectivity index (χ3n) is 4.42. The molecule has 0 saturated carbocycles. The zero-order valence-electron chi connectivity index (χ0n) is 14.1. The Labute approximate surface area is 155 Å². The number of rotatable bonds is 3. The minimum absolute atomic E-state index is 0.0279. The summed E-state index contributed by atoms with van der Waals surface area (Å²) in [6.07, 6.45) is 0. The van der Waals surface area contributed by atoms with Gasteiger partial charge in [-0.25, -0.2) is 8.78 Å². The van der Waals surface area contributed by atoms with Gasteiger partial charge in [-0.3, -0.25) is 9.59 Å². The smallest absolute Gasteiger partial charge is 0.256 e. The second-order valence-corrected chi connectivity index (χ2v) is 6.56. The molecule has 0 bridgehead atoms. The van der Waals surface area contributed by atoms with Crippen LogP contribution < -0.4 is 4.90 Å². The maximum atomic E-state index is 14.3. The first-order chi connectivity index (χ1) is 12.4. The first kappa shape index (κ1) is 18.3. The first-order valence-electron chi connectivity index (χ1n) is 8.16. The second kappa shape index (κ2) is 7.41. The van der Waals surface area contributed by atoms with Crippen molar-refractivity contribution in [2.24, 2.45) is 0 Å². The third-order valence-corrected chi connectivity index (χ3v) is 4.66. The molecule has 0 radical (unpaired) electrons. The number of hydrogen-bond donors (Lipinski definition) is 0. The van der Waals surface area contributed by atoms with Gasteiger partial charge >= 0.3 is 0 Å². The molecule has 7 heteroatoms. The molecule has 1 heterocycles. The predicted molar refractivity (Wildman–Crippen MR) is 95.9 cm³/mol. The van der Waals surface area contributed by atoms with Gasteiger partial charge in [-0.15, -0.1) is 0 Å². The second-order valence-electron chi connectivity index (χ2n) is 6.13. The van der Waals surface area contributed by atoms with E-state index in [1.165, 1.54) is 30.0 Å². The lowest BCUT2D eigenvalue weighted by molar-refractivity contribution is 0.0741. The summed E-state index contributed by atoms with van der Waals surface area (Å²) in [4.78, 5) is 27.1. The van der Waals surface area contributed by atoms with Gasteiger partial charge in [0, 0.05) is 36.8 Å². The summed E-state index contributed by atoms with van der Waals surface area (Å²) in [5.74, 6) is -1.74. The van der Waals surface area contributed by atoms with Crippen molar-refractivity contribution in [1.82, 2.24) is 4.90 Å². The highest BCUT2D eigenvalue weighted by atomic mass is 35.5. The summed E-state index contributed by atoms with van der Waals surface area (Å²) >= 11 is 5.71. The Bertz CT molecular complexity index is 865. The number of amides is 1. The highest BCUT2D eigenvalue weighted by molar-refractivity contribution is 6.30. The topological polar surface area (TPSA) is 40.6 Å². The molecule has 1 amide bonds. The summed E-state index contributed by atoms with van der Waals surface area (Å²) in [5.41, 5.74) is 0.679. The van der Waals surface area contributed by atoms with Gasteiger partial charge in [0.25, 0.3) is 5.91 Å². The van der Waals surface area contributed by atoms with Gasteiger partial charge in [-0.1, -0.05) is 11.6 Å². The van der Waals surface area contributed by atoms with E-state index in [1.54, 1.807) is 17.0 Å². The quantitative estimate of drug-likeness (QED) is 0.763. The maximum absolute atomic E-state index is 14.3. The van der Waals surface area contributed by atoms with E-state index in [0.29, 0.717) is 37.4 Å². The highest BCUT2D eigenvalue weighted by Crippen LogP contribution is 2.23. The number of nitrogens with zero attached hydrogens (tertiary/aromatic N) is 2. The average molecular weight is 379 g/mol.